The number of furan rings is 1. The summed E-state index contributed by atoms with van der Waals surface area (Å²) in [6.07, 6.45) is 1.77. The summed E-state index contributed by atoms with van der Waals surface area (Å²) >= 11 is 5.83. The normalized spacial score (nSPS) is 19.4. The van der Waals surface area contributed by atoms with Gasteiger partial charge >= 0.3 is 5.97 Å². The van der Waals surface area contributed by atoms with Crippen LogP contribution >= 0.6 is 12.2 Å². The van der Waals surface area contributed by atoms with Gasteiger partial charge < -0.3 is 29.4 Å². The molecular formula is C29H26N4O4S. The van der Waals surface area contributed by atoms with Crippen LogP contribution in [0.4, 0.5) is 11.4 Å². The Morgan fingerprint density at radius 3 is 2.50 bits per heavy atom. The summed E-state index contributed by atoms with van der Waals surface area (Å²) in [6, 6.07) is 24.2. The largest absolute Gasteiger partial charge is 0.478 e. The van der Waals surface area contributed by atoms with Crippen molar-refractivity contribution < 1.29 is 19.1 Å². The number of hydrogen-bond acceptors (Lipinski definition) is 6. The number of nitrogens with one attached hydrogen (secondary N) is 1. The van der Waals surface area contributed by atoms with E-state index in [0.717, 1.165) is 43.4 Å². The smallest absolute Gasteiger partial charge is 0.335 e. The van der Waals surface area contributed by atoms with Gasteiger partial charge in [0.25, 0.3) is 0 Å². The molecule has 0 saturated carbocycles. The van der Waals surface area contributed by atoms with Crippen molar-refractivity contribution >= 4 is 34.7 Å². The third-order valence-corrected chi connectivity index (χ3v) is 7.23. The van der Waals surface area contributed by atoms with Gasteiger partial charge in [0.1, 0.15) is 17.6 Å². The fraction of sp³-hybridized carbons (Fsp3) is 0.207. The lowest BCUT2D eigenvalue weighted by atomic mass is 10.0. The number of carbonyl (C=O) groups is 1. The van der Waals surface area contributed by atoms with Crippen LogP contribution in [0.15, 0.2) is 89.5 Å². The molecule has 0 spiro atoms. The van der Waals surface area contributed by atoms with E-state index < -0.39 is 5.97 Å². The molecule has 0 amide bonds. The highest BCUT2D eigenvalue weighted by Crippen LogP contribution is 2.43. The third-order valence-electron chi connectivity index (χ3n) is 6.91. The van der Waals surface area contributed by atoms with Crippen molar-refractivity contribution in [2.45, 2.75) is 12.1 Å². The Balaban J connectivity index is 1.37. The van der Waals surface area contributed by atoms with E-state index in [4.69, 9.17) is 21.4 Å². The molecule has 2 aromatic carbocycles. The van der Waals surface area contributed by atoms with Crippen molar-refractivity contribution in [1.82, 2.24) is 10.3 Å². The van der Waals surface area contributed by atoms with Crippen LogP contribution < -0.4 is 15.1 Å². The van der Waals surface area contributed by atoms with E-state index in [1.807, 2.05) is 36.4 Å². The summed E-state index contributed by atoms with van der Waals surface area (Å²) < 4.78 is 11.9. The highest BCUT2D eigenvalue weighted by Gasteiger charge is 2.42. The molecule has 4 aromatic rings. The maximum absolute atomic E-state index is 11.5. The zero-order valence-corrected chi connectivity index (χ0v) is 21.3. The Bertz CT molecular complexity index is 1450. The van der Waals surface area contributed by atoms with Crippen molar-refractivity contribution in [3.63, 3.8) is 0 Å². The standard InChI is InChI=1S/C29H26N4O4S/c34-28(35)20-5-3-4-19(18-20)24-11-12-25(37-24)27-26(23-6-1-2-13-30-23)31-29(38)33(27)22-9-7-21(8-10-22)32-14-16-36-17-15-32/h1-13,18,26-27H,14-17H2,(H,31,38)(H,34,35). The Hall–Kier alpha value is -4.21. The van der Waals surface area contributed by atoms with E-state index in [-0.39, 0.29) is 17.6 Å². The summed E-state index contributed by atoms with van der Waals surface area (Å²) in [5.41, 5.74) is 3.83. The summed E-state index contributed by atoms with van der Waals surface area (Å²) in [6.45, 7) is 3.19. The molecule has 2 fully saturated rings. The number of carboxylic acid groups (broad SMARTS) is 1. The molecule has 2 aliphatic heterocycles. The Labute approximate surface area is 225 Å². The van der Waals surface area contributed by atoms with Crippen LogP contribution in [0.5, 0.6) is 0 Å². The number of rotatable bonds is 6. The van der Waals surface area contributed by atoms with Crippen molar-refractivity contribution in [3.05, 3.63) is 102 Å². The molecule has 38 heavy (non-hydrogen) atoms. The van der Waals surface area contributed by atoms with Gasteiger partial charge in [0.2, 0.25) is 0 Å². The molecule has 0 bridgehead atoms. The number of thiocarbonyl (C=S) groups is 1. The summed E-state index contributed by atoms with van der Waals surface area (Å²) in [7, 11) is 0. The number of anilines is 2. The number of hydrogen-bond donors (Lipinski definition) is 2. The molecule has 0 aliphatic carbocycles. The second-order valence-electron chi connectivity index (χ2n) is 9.20. The lowest BCUT2D eigenvalue weighted by Crippen LogP contribution is -2.36. The summed E-state index contributed by atoms with van der Waals surface area (Å²) in [4.78, 5) is 20.5. The zero-order chi connectivity index (χ0) is 26.1. The van der Waals surface area contributed by atoms with E-state index >= 15 is 0 Å². The number of morpholine rings is 1. The average Bonchev–Trinajstić information content (AvgIpc) is 3.59. The van der Waals surface area contributed by atoms with E-state index in [1.165, 1.54) is 0 Å². The van der Waals surface area contributed by atoms with E-state index in [1.54, 1.807) is 24.4 Å². The summed E-state index contributed by atoms with van der Waals surface area (Å²) in [5, 5.41) is 13.4. The van der Waals surface area contributed by atoms with E-state index in [0.29, 0.717) is 22.2 Å². The minimum Gasteiger partial charge on any atom is -0.478 e. The molecule has 6 rings (SSSR count). The number of benzene rings is 2. The van der Waals surface area contributed by atoms with Crippen molar-refractivity contribution in [1.29, 1.82) is 0 Å². The molecule has 2 saturated heterocycles. The van der Waals surface area contributed by atoms with Crippen LogP contribution in [0.1, 0.15) is 33.9 Å². The SMILES string of the molecule is O=C(O)c1cccc(-c2ccc(C3C(c4ccccn4)NC(=S)N3c3ccc(N4CCOCC4)cc3)o2)c1. The number of aromatic nitrogens is 1. The number of nitrogens with zero attached hydrogens (tertiary/aromatic N) is 3. The molecule has 4 heterocycles. The Morgan fingerprint density at radius 1 is 0.974 bits per heavy atom. The van der Waals surface area contributed by atoms with Crippen LogP contribution in [-0.2, 0) is 4.74 Å². The van der Waals surface area contributed by atoms with Crippen LogP contribution in [0.3, 0.4) is 0 Å². The van der Waals surface area contributed by atoms with Gasteiger partial charge in [0.05, 0.1) is 30.5 Å². The number of ether oxygens (including phenoxy) is 1. The monoisotopic (exact) mass is 526 g/mol. The Kier molecular flexibility index (Phi) is 6.53. The highest BCUT2D eigenvalue weighted by molar-refractivity contribution is 7.80. The molecule has 9 heteroatoms. The fourth-order valence-electron chi connectivity index (χ4n) is 5.04. The quantitative estimate of drug-likeness (QED) is 0.335. The molecule has 8 nitrogen and oxygen atoms in total. The first-order chi connectivity index (χ1) is 18.6. The van der Waals surface area contributed by atoms with Crippen molar-refractivity contribution in [3.8, 4) is 11.3 Å². The van der Waals surface area contributed by atoms with Crippen LogP contribution in [0.25, 0.3) is 11.3 Å². The first kappa shape index (κ1) is 24.1. The van der Waals surface area contributed by atoms with Gasteiger partial charge in [0, 0.05) is 36.2 Å². The molecule has 2 unspecified atom stereocenters. The van der Waals surface area contributed by atoms with Gasteiger partial charge in [-0.3, -0.25) is 4.98 Å². The predicted octanol–water partition coefficient (Wildman–Crippen LogP) is 5.05. The Morgan fingerprint density at radius 2 is 1.76 bits per heavy atom. The molecule has 192 valence electrons. The third kappa shape index (κ3) is 4.62. The highest BCUT2D eigenvalue weighted by atomic mass is 32.1. The molecule has 2 aliphatic rings. The van der Waals surface area contributed by atoms with Gasteiger partial charge in [-0.15, -0.1) is 0 Å². The van der Waals surface area contributed by atoms with E-state index in [2.05, 4.69) is 44.4 Å². The van der Waals surface area contributed by atoms with Crippen LogP contribution in [0.2, 0.25) is 0 Å². The maximum atomic E-state index is 11.5. The van der Waals surface area contributed by atoms with Gasteiger partial charge in [-0.25, -0.2) is 4.79 Å². The van der Waals surface area contributed by atoms with Gasteiger partial charge in [-0.05, 0) is 72.9 Å². The zero-order valence-electron chi connectivity index (χ0n) is 20.5. The topological polar surface area (TPSA) is 91.1 Å². The fourth-order valence-corrected chi connectivity index (χ4v) is 5.39. The minimum atomic E-state index is -0.981. The first-order valence-electron chi connectivity index (χ1n) is 12.5. The lowest BCUT2D eigenvalue weighted by molar-refractivity contribution is 0.0697. The van der Waals surface area contributed by atoms with Gasteiger partial charge in [0.15, 0.2) is 5.11 Å². The predicted molar refractivity (Wildman–Crippen MR) is 149 cm³/mol. The van der Waals surface area contributed by atoms with E-state index in [9.17, 15) is 9.90 Å². The number of pyridine rings is 1. The first-order valence-corrected chi connectivity index (χ1v) is 12.9. The van der Waals surface area contributed by atoms with Crippen LogP contribution in [0, 0.1) is 0 Å². The second kappa shape index (κ2) is 10.3. The number of carboxylic acids is 1. The van der Waals surface area contributed by atoms with Crippen LogP contribution in [-0.4, -0.2) is 47.5 Å². The second-order valence-corrected chi connectivity index (χ2v) is 9.59. The molecule has 2 atom stereocenters. The molecule has 2 N–H and O–H groups in total. The molecular weight excluding hydrogens is 500 g/mol. The lowest BCUT2D eigenvalue weighted by Gasteiger charge is -2.30. The van der Waals surface area contributed by atoms with Crippen molar-refractivity contribution in [2.24, 2.45) is 0 Å². The average molecular weight is 527 g/mol. The minimum absolute atomic E-state index is 0.206. The summed E-state index contributed by atoms with van der Waals surface area (Å²) in [5.74, 6) is 0.301. The number of aromatic carboxylic acids is 1. The van der Waals surface area contributed by atoms with Gasteiger partial charge in [-0.1, -0.05) is 18.2 Å². The van der Waals surface area contributed by atoms with Crippen molar-refractivity contribution in [2.75, 3.05) is 36.1 Å². The van der Waals surface area contributed by atoms with Gasteiger partial charge in [-0.2, -0.15) is 0 Å². The maximum Gasteiger partial charge on any atom is 0.335 e. The molecule has 2 aromatic heterocycles. The molecule has 0 radical (unpaired) electrons.